The van der Waals surface area contributed by atoms with E-state index in [1.165, 1.54) is 0 Å². The van der Waals surface area contributed by atoms with Crippen molar-refractivity contribution in [2.75, 3.05) is 11.9 Å². The quantitative estimate of drug-likeness (QED) is 0.814. The first kappa shape index (κ1) is 12.5. The molecule has 1 aromatic heterocycles. The molecule has 3 rings (SSSR count). The molecule has 0 spiro atoms. The second-order valence-corrected chi connectivity index (χ2v) is 5.44. The summed E-state index contributed by atoms with van der Waals surface area (Å²) in [4.78, 5) is 23.2. The predicted molar refractivity (Wildman–Crippen MR) is 77.4 cm³/mol. The SMILES string of the molecule is O=C(c1cccc2nccnc12)N(CCBr)C1CC1. The molecule has 1 amide bonds. The molecule has 0 radical (unpaired) electrons. The highest BCUT2D eigenvalue weighted by Gasteiger charge is 2.33. The maximum absolute atomic E-state index is 12.7. The van der Waals surface area contributed by atoms with Crippen LogP contribution >= 0.6 is 15.9 Å². The minimum absolute atomic E-state index is 0.0630. The largest absolute Gasteiger partial charge is 0.335 e. The number of halogens is 1. The van der Waals surface area contributed by atoms with Crippen LogP contribution in [0.15, 0.2) is 30.6 Å². The summed E-state index contributed by atoms with van der Waals surface area (Å²) < 4.78 is 0. The van der Waals surface area contributed by atoms with Gasteiger partial charge >= 0.3 is 0 Å². The number of benzene rings is 1. The van der Waals surface area contributed by atoms with Gasteiger partial charge in [-0.1, -0.05) is 22.0 Å². The van der Waals surface area contributed by atoms with Crippen molar-refractivity contribution in [2.24, 2.45) is 0 Å². The first-order chi connectivity index (χ1) is 9.31. The van der Waals surface area contributed by atoms with Gasteiger partial charge in [-0.15, -0.1) is 0 Å². The molecule has 1 aromatic carbocycles. The molecule has 0 unspecified atom stereocenters. The van der Waals surface area contributed by atoms with Gasteiger partial charge in [0.25, 0.3) is 5.91 Å². The fourth-order valence-corrected chi connectivity index (χ4v) is 2.63. The highest BCUT2D eigenvalue weighted by molar-refractivity contribution is 9.09. The maximum Gasteiger partial charge on any atom is 0.256 e. The highest BCUT2D eigenvalue weighted by atomic mass is 79.9. The number of nitrogens with zero attached hydrogens (tertiary/aromatic N) is 3. The van der Waals surface area contributed by atoms with Crippen LogP contribution in [-0.2, 0) is 0 Å². The Kier molecular flexibility index (Phi) is 3.46. The van der Waals surface area contributed by atoms with Crippen molar-refractivity contribution in [2.45, 2.75) is 18.9 Å². The molecular weight excluding hydrogens is 306 g/mol. The van der Waals surface area contributed by atoms with Crippen LogP contribution in [0.1, 0.15) is 23.2 Å². The average molecular weight is 320 g/mol. The monoisotopic (exact) mass is 319 g/mol. The summed E-state index contributed by atoms with van der Waals surface area (Å²) in [6, 6.07) is 5.98. The summed E-state index contributed by atoms with van der Waals surface area (Å²) in [5.41, 5.74) is 2.11. The predicted octanol–water partition coefficient (Wildman–Crippen LogP) is 2.63. The van der Waals surface area contributed by atoms with Gasteiger partial charge in [-0.05, 0) is 25.0 Å². The van der Waals surface area contributed by atoms with Crippen LogP contribution < -0.4 is 0 Å². The lowest BCUT2D eigenvalue weighted by atomic mass is 10.1. The molecule has 0 N–H and O–H groups in total. The van der Waals surface area contributed by atoms with Crippen LogP contribution in [0.3, 0.4) is 0 Å². The highest BCUT2D eigenvalue weighted by Crippen LogP contribution is 2.29. The number of aromatic nitrogens is 2. The normalized spacial score (nSPS) is 14.6. The fraction of sp³-hybridized carbons (Fsp3) is 0.357. The molecule has 5 heteroatoms. The number of amides is 1. The topological polar surface area (TPSA) is 46.1 Å². The number of carbonyl (C=O) groups is 1. The Balaban J connectivity index is 2.00. The number of alkyl halides is 1. The summed E-state index contributed by atoms with van der Waals surface area (Å²) >= 11 is 3.41. The van der Waals surface area contributed by atoms with E-state index in [2.05, 4.69) is 25.9 Å². The molecule has 4 nitrogen and oxygen atoms in total. The van der Waals surface area contributed by atoms with Gasteiger partial charge in [0, 0.05) is 30.3 Å². The van der Waals surface area contributed by atoms with Crippen molar-refractivity contribution >= 4 is 32.9 Å². The molecule has 0 aliphatic heterocycles. The Morgan fingerprint density at radius 3 is 2.84 bits per heavy atom. The van der Waals surface area contributed by atoms with Crippen LogP contribution in [-0.4, -0.2) is 38.7 Å². The van der Waals surface area contributed by atoms with Crippen molar-refractivity contribution in [1.29, 1.82) is 0 Å². The molecule has 1 fully saturated rings. The molecule has 0 saturated heterocycles. The molecule has 98 valence electrons. The third-order valence-electron chi connectivity index (χ3n) is 3.30. The van der Waals surface area contributed by atoms with E-state index in [0.29, 0.717) is 17.1 Å². The number of hydrogen-bond acceptors (Lipinski definition) is 3. The maximum atomic E-state index is 12.7. The first-order valence-electron chi connectivity index (χ1n) is 6.38. The minimum Gasteiger partial charge on any atom is -0.335 e. The average Bonchev–Trinajstić information content (AvgIpc) is 3.28. The molecule has 1 heterocycles. The van der Waals surface area contributed by atoms with Gasteiger partial charge in [0.2, 0.25) is 0 Å². The lowest BCUT2D eigenvalue weighted by Gasteiger charge is -2.21. The van der Waals surface area contributed by atoms with E-state index in [-0.39, 0.29) is 5.91 Å². The zero-order valence-electron chi connectivity index (χ0n) is 10.4. The smallest absolute Gasteiger partial charge is 0.256 e. The van der Waals surface area contributed by atoms with Crippen LogP contribution in [0, 0.1) is 0 Å². The first-order valence-corrected chi connectivity index (χ1v) is 7.50. The molecule has 1 aliphatic rings. The number of fused-ring (bicyclic) bond motifs is 1. The third kappa shape index (κ3) is 2.47. The van der Waals surface area contributed by atoms with Crippen LogP contribution in [0.25, 0.3) is 11.0 Å². The summed E-state index contributed by atoms with van der Waals surface area (Å²) in [5.74, 6) is 0.0630. The zero-order valence-corrected chi connectivity index (χ0v) is 12.0. The van der Waals surface area contributed by atoms with Gasteiger partial charge < -0.3 is 4.90 Å². The lowest BCUT2D eigenvalue weighted by Crippen LogP contribution is -2.34. The molecular formula is C14H14BrN3O. The summed E-state index contributed by atoms with van der Waals surface area (Å²) in [7, 11) is 0. The van der Waals surface area contributed by atoms with E-state index in [1.807, 2.05) is 23.1 Å². The number of rotatable bonds is 4. The van der Waals surface area contributed by atoms with Crippen LogP contribution in [0.4, 0.5) is 0 Å². The minimum atomic E-state index is 0.0630. The summed E-state index contributed by atoms with van der Waals surface area (Å²) in [6.07, 6.45) is 5.49. The van der Waals surface area contributed by atoms with Gasteiger partial charge in [-0.3, -0.25) is 14.8 Å². The van der Waals surface area contributed by atoms with Crippen molar-refractivity contribution in [1.82, 2.24) is 14.9 Å². The number of hydrogen-bond donors (Lipinski definition) is 0. The Morgan fingerprint density at radius 2 is 2.11 bits per heavy atom. The van der Waals surface area contributed by atoms with Crippen molar-refractivity contribution in [3.8, 4) is 0 Å². The molecule has 1 saturated carbocycles. The molecule has 2 aromatic rings. The van der Waals surface area contributed by atoms with Gasteiger partial charge in [-0.25, -0.2) is 0 Å². The Labute approximate surface area is 120 Å². The van der Waals surface area contributed by atoms with Crippen molar-refractivity contribution < 1.29 is 4.79 Å². The van der Waals surface area contributed by atoms with Gasteiger partial charge in [-0.2, -0.15) is 0 Å². The standard InChI is InChI=1S/C14H14BrN3O/c15-6-9-18(10-4-5-10)14(19)11-2-1-3-12-13(11)17-8-7-16-12/h1-3,7-8,10H,4-6,9H2. The third-order valence-corrected chi connectivity index (χ3v) is 3.66. The zero-order chi connectivity index (χ0) is 13.2. The fourth-order valence-electron chi connectivity index (χ4n) is 2.25. The summed E-state index contributed by atoms with van der Waals surface area (Å²) in [5, 5.41) is 0.797. The van der Waals surface area contributed by atoms with Crippen LogP contribution in [0.5, 0.6) is 0 Å². The Morgan fingerprint density at radius 1 is 1.32 bits per heavy atom. The van der Waals surface area contributed by atoms with E-state index in [4.69, 9.17) is 0 Å². The van der Waals surface area contributed by atoms with Crippen molar-refractivity contribution in [3.05, 3.63) is 36.2 Å². The summed E-state index contributed by atoms with van der Waals surface area (Å²) in [6.45, 7) is 0.736. The molecule has 19 heavy (non-hydrogen) atoms. The molecule has 0 bridgehead atoms. The Hall–Kier alpha value is -1.49. The van der Waals surface area contributed by atoms with Crippen molar-refractivity contribution in [3.63, 3.8) is 0 Å². The van der Waals surface area contributed by atoms with Crippen LogP contribution in [0.2, 0.25) is 0 Å². The number of carbonyl (C=O) groups excluding carboxylic acids is 1. The van der Waals surface area contributed by atoms with Gasteiger partial charge in [0.05, 0.1) is 11.1 Å². The van der Waals surface area contributed by atoms with E-state index in [1.54, 1.807) is 12.4 Å². The molecule has 1 aliphatic carbocycles. The van der Waals surface area contributed by atoms with E-state index in [0.717, 1.165) is 30.2 Å². The second-order valence-electron chi connectivity index (χ2n) is 4.65. The Bertz CT molecular complexity index is 607. The van der Waals surface area contributed by atoms with E-state index < -0.39 is 0 Å². The number of para-hydroxylation sites is 1. The van der Waals surface area contributed by atoms with E-state index >= 15 is 0 Å². The van der Waals surface area contributed by atoms with Gasteiger partial charge in [0.1, 0.15) is 5.52 Å². The van der Waals surface area contributed by atoms with Gasteiger partial charge in [0.15, 0.2) is 0 Å². The lowest BCUT2D eigenvalue weighted by molar-refractivity contribution is 0.0756. The molecule has 0 atom stereocenters. The second kappa shape index (κ2) is 5.25. The van der Waals surface area contributed by atoms with E-state index in [9.17, 15) is 4.79 Å².